The molecule has 0 saturated carbocycles. The van der Waals surface area contributed by atoms with Gasteiger partial charge in [-0.05, 0) is 36.5 Å². The Hall–Kier alpha value is -3.49. The van der Waals surface area contributed by atoms with E-state index in [0.29, 0.717) is 22.9 Å². The molecule has 0 atom stereocenters. The van der Waals surface area contributed by atoms with Gasteiger partial charge in [0.2, 0.25) is 0 Å². The number of fused-ring (bicyclic) bond motifs is 2. The molecule has 4 aromatic rings. The number of aryl methyl sites for hydroxylation is 1. The van der Waals surface area contributed by atoms with Gasteiger partial charge in [0.15, 0.2) is 28.6 Å². The summed E-state index contributed by atoms with van der Waals surface area (Å²) in [6.45, 7) is 3.18. The molecule has 0 amide bonds. The molecule has 5 rings (SSSR count). The van der Waals surface area contributed by atoms with Gasteiger partial charge in [-0.3, -0.25) is 4.79 Å². The summed E-state index contributed by atoms with van der Waals surface area (Å²) in [5, 5.41) is 0. The highest BCUT2D eigenvalue weighted by Crippen LogP contribution is 2.32. The van der Waals surface area contributed by atoms with Crippen molar-refractivity contribution in [3.05, 3.63) is 46.4 Å². The van der Waals surface area contributed by atoms with E-state index in [1.807, 2.05) is 6.07 Å². The van der Waals surface area contributed by atoms with Gasteiger partial charge in [-0.25, -0.2) is 19.7 Å². The van der Waals surface area contributed by atoms with Gasteiger partial charge in [-0.1, -0.05) is 6.07 Å². The molecule has 148 valence electrons. The van der Waals surface area contributed by atoms with Crippen LogP contribution in [0.5, 0.6) is 0 Å². The third-order valence-corrected chi connectivity index (χ3v) is 5.76. The van der Waals surface area contributed by atoms with E-state index in [9.17, 15) is 9.59 Å². The molecule has 1 saturated heterocycles. The van der Waals surface area contributed by atoms with Crippen LogP contribution in [-0.2, 0) is 7.05 Å². The smallest absolute Gasteiger partial charge is 0.323 e. The molecule has 0 aliphatic carbocycles. The maximum atomic E-state index is 11.8. The number of H-pyrrole nitrogens is 2. The number of carbonyl (C=O) groups is 1. The zero-order valence-electron chi connectivity index (χ0n) is 16.3. The monoisotopic (exact) mass is 391 g/mol. The van der Waals surface area contributed by atoms with Crippen LogP contribution in [0.25, 0.3) is 22.2 Å². The number of ketones is 1. The maximum absolute atomic E-state index is 11.8. The van der Waals surface area contributed by atoms with Gasteiger partial charge in [0.05, 0.1) is 11.0 Å². The Bertz CT molecular complexity index is 1290. The summed E-state index contributed by atoms with van der Waals surface area (Å²) in [7, 11) is 1.80. The number of nitrogens with one attached hydrogen (secondary N) is 2. The predicted octanol–water partition coefficient (Wildman–Crippen LogP) is 2.12. The minimum absolute atomic E-state index is 0.0895. The first kappa shape index (κ1) is 17.6. The number of hydrogen-bond donors (Lipinski definition) is 2. The molecule has 1 fully saturated rings. The fourth-order valence-corrected chi connectivity index (χ4v) is 4.26. The molecule has 2 N–H and O–H groups in total. The topological polar surface area (TPSA) is 113 Å². The standard InChI is InChI=1S/C20H21N7O2/c1-11(28)17-25-16-18(26(17)2)21-10-22-19(16)27-7-5-12(6-8-27)13-3-4-14-15(9-13)24-20(29)23-14/h3-4,9-10,12H,5-8H2,1-2H3,(H2,23,24,29). The number of piperidine rings is 1. The van der Waals surface area contributed by atoms with Gasteiger partial charge in [-0.2, -0.15) is 0 Å². The van der Waals surface area contributed by atoms with Gasteiger partial charge < -0.3 is 19.4 Å². The van der Waals surface area contributed by atoms with Crippen molar-refractivity contribution in [2.75, 3.05) is 18.0 Å². The summed E-state index contributed by atoms with van der Waals surface area (Å²) in [6.07, 6.45) is 3.47. The van der Waals surface area contributed by atoms with Crippen molar-refractivity contribution >= 4 is 33.8 Å². The van der Waals surface area contributed by atoms with Crippen LogP contribution < -0.4 is 10.6 Å². The normalized spacial score (nSPS) is 15.4. The number of carbonyl (C=O) groups excluding carboxylic acids is 1. The minimum atomic E-state index is -0.181. The molecule has 1 aromatic carbocycles. The highest BCUT2D eigenvalue weighted by atomic mass is 16.1. The van der Waals surface area contributed by atoms with Crippen molar-refractivity contribution in [1.82, 2.24) is 29.5 Å². The van der Waals surface area contributed by atoms with Crippen molar-refractivity contribution in [1.29, 1.82) is 0 Å². The van der Waals surface area contributed by atoms with Crippen LogP contribution in [0.15, 0.2) is 29.3 Å². The van der Waals surface area contributed by atoms with E-state index in [1.54, 1.807) is 11.6 Å². The Morgan fingerprint density at radius 1 is 1.14 bits per heavy atom. The van der Waals surface area contributed by atoms with Crippen molar-refractivity contribution < 1.29 is 4.79 Å². The second-order valence-electron chi connectivity index (χ2n) is 7.57. The van der Waals surface area contributed by atoms with E-state index in [1.165, 1.54) is 18.8 Å². The molecule has 1 aliphatic heterocycles. The molecule has 3 aromatic heterocycles. The first-order valence-electron chi connectivity index (χ1n) is 9.66. The minimum Gasteiger partial charge on any atom is -0.355 e. The van der Waals surface area contributed by atoms with E-state index in [-0.39, 0.29) is 11.5 Å². The molecular weight excluding hydrogens is 370 g/mol. The molecular formula is C20H21N7O2. The Kier molecular flexibility index (Phi) is 3.97. The Morgan fingerprint density at radius 2 is 1.90 bits per heavy atom. The third kappa shape index (κ3) is 2.89. The summed E-state index contributed by atoms with van der Waals surface area (Å²) in [6, 6.07) is 6.11. The number of nitrogens with zero attached hydrogens (tertiary/aromatic N) is 5. The molecule has 0 bridgehead atoms. The number of aromatic nitrogens is 6. The van der Waals surface area contributed by atoms with Crippen LogP contribution in [-0.4, -0.2) is 48.4 Å². The fourth-order valence-electron chi connectivity index (χ4n) is 4.26. The van der Waals surface area contributed by atoms with Crippen LogP contribution in [0.3, 0.4) is 0 Å². The van der Waals surface area contributed by atoms with Crippen LogP contribution >= 0.6 is 0 Å². The second kappa shape index (κ2) is 6.54. The molecule has 0 spiro atoms. The van der Waals surface area contributed by atoms with Crippen molar-refractivity contribution in [3.8, 4) is 0 Å². The molecule has 0 radical (unpaired) electrons. The average molecular weight is 391 g/mol. The third-order valence-electron chi connectivity index (χ3n) is 5.76. The van der Waals surface area contributed by atoms with Gasteiger partial charge in [0.1, 0.15) is 6.33 Å². The number of Topliss-reactive ketones (excluding diaryl/α,β-unsaturated/α-hetero) is 1. The predicted molar refractivity (Wildman–Crippen MR) is 109 cm³/mol. The van der Waals surface area contributed by atoms with Crippen molar-refractivity contribution in [3.63, 3.8) is 0 Å². The first-order chi connectivity index (χ1) is 14.0. The lowest BCUT2D eigenvalue weighted by molar-refractivity contribution is 0.100. The summed E-state index contributed by atoms with van der Waals surface area (Å²) in [4.78, 5) is 44.5. The lowest BCUT2D eigenvalue weighted by Gasteiger charge is -2.33. The number of hydrogen-bond acceptors (Lipinski definition) is 6. The number of aromatic amines is 2. The summed E-state index contributed by atoms with van der Waals surface area (Å²) < 4.78 is 1.72. The highest BCUT2D eigenvalue weighted by molar-refractivity contribution is 5.96. The first-order valence-corrected chi connectivity index (χ1v) is 9.66. The van der Waals surface area contributed by atoms with Gasteiger partial charge in [0.25, 0.3) is 0 Å². The quantitative estimate of drug-likeness (QED) is 0.517. The maximum Gasteiger partial charge on any atom is 0.323 e. The average Bonchev–Trinajstić information content (AvgIpc) is 3.26. The number of anilines is 1. The van der Waals surface area contributed by atoms with Crippen LogP contribution in [0.4, 0.5) is 5.82 Å². The van der Waals surface area contributed by atoms with Crippen LogP contribution in [0.2, 0.25) is 0 Å². The largest absolute Gasteiger partial charge is 0.355 e. The van der Waals surface area contributed by atoms with Gasteiger partial charge >= 0.3 is 5.69 Å². The Labute approximate surface area is 165 Å². The van der Waals surface area contributed by atoms with Crippen molar-refractivity contribution in [2.45, 2.75) is 25.7 Å². The molecule has 9 heteroatoms. The summed E-state index contributed by atoms with van der Waals surface area (Å²) >= 11 is 0. The Balaban J connectivity index is 1.40. The van der Waals surface area contributed by atoms with E-state index in [0.717, 1.165) is 42.8 Å². The molecule has 4 heterocycles. The SMILES string of the molecule is CC(=O)c1nc2c(N3CCC(c4ccc5[nH]c(=O)[nH]c5c4)CC3)ncnc2n1C. The lowest BCUT2D eigenvalue weighted by atomic mass is 9.89. The van der Waals surface area contributed by atoms with E-state index in [4.69, 9.17) is 0 Å². The molecule has 9 nitrogen and oxygen atoms in total. The zero-order chi connectivity index (χ0) is 20.1. The zero-order valence-corrected chi connectivity index (χ0v) is 16.3. The summed E-state index contributed by atoms with van der Waals surface area (Å²) in [5.74, 6) is 1.50. The van der Waals surface area contributed by atoms with E-state index in [2.05, 4.69) is 42.0 Å². The van der Waals surface area contributed by atoms with Crippen molar-refractivity contribution in [2.24, 2.45) is 7.05 Å². The number of imidazole rings is 2. The highest BCUT2D eigenvalue weighted by Gasteiger charge is 2.25. The van der Waals surface area contributed by atoms with E-state index >= 15 is 0 Å². The second-order valence-corrected chi connectivity index (χ2v) is 7.57. The fraction of sp³-hybridized carbons (Fsp3) is 0.350. The summed E-state index contributed by atoms with van der Waals surface area (Å²) in [5.41, 5.74) is 4.07. The number of rotatable bonds is 3. The van der Waals surface area contributed by atoms with Gasteiger partial charge in [0, 0.05) is 27.1 Å². The molecule has 0 unspecified atom stereocenters. The van der Waals surface area contributed by atoms with Gasteiger partial charge in [-0.15, -0.1) is 0 Å². The molecule has 1 aliphatic rings. The number of benzene rings is 1. The van der Waals surface area contributed by atoms with E-state index < -0.39 is 0 Å². The lowest BCUT2D eigenvalue weighted by Crippen LogP contribution is -2.33. The van der Waals surface area contributed by atoms with Crippen LogP contribution in [0, 0.1) is 0 Å². The van der Waals surface area contributed by atoms with Crippen LogP contribution in [0.1, 0.15) is 41.9 Å². The molecule has 29 heavy (non-hydrogen) atoms. The Morgan fingerprint density at radius 3 is 2.66 bits per heavy atom.